The number of nitrogens with zero attached hydrogens (tertiary/aromatic N) is 2. The van der Waals surface area contributed by atoms with Crippen molar-refractivity contribution in [2.75, 3.05) is 26.2 Å². The number of aromatic nitrogens is 1. The minimum absolute atomic E-state index is 0. The Hall–Kier alpha value is -1.27. The number of carbonyl (C=O) groups excluding carboxylic acids is 1. The van der Waals surface area contributed by atoms with Crippen LogP contribution in [0, 0.1) is 6.92 Å². The maximum Gasteiger partial charge on any atom is 0.259 e. The molecule has 1 aliphatic heterocycles. The van der Waals surface area contributed by atoms with Gasteiger partial charge in [-0.3, -0.25) is 4.79 Å². The van der Waals surface area contributed by atoms with Crippen LogP contribution in [0.15, 0.2) is 22.7 Å². The van der Waals surface area contributed by atoms with Gasteiger partial charge in [0, 0.05) is 31.7 Å². The molecule has 23 heavy (non-hydrogen) atoms. The molecule has 1 N–H and O–H groups in total. The molecule has 0 bridgehead atoms. The van der Waals surface area contributed by atoms with Crippen LogP contribution < -0.4 is 5.32 Å². The van der Waals surface area contributed by atoms with Crippen molar-refractivity contribution in [3.05, 3.63) is 39.6 Å². The lowest BCUT2D eigenvalue weighted by Crippen LogP contribution is -2.46. The molecule has 2 aromatic rings. The van der Waals surface area contributed by atoms with Gasteiger partial charge in [-0.1, -0.05) is 34.4 Å². The summed E-state index contributed by atoms with van der Waals surface area (Å²) in [6.07, 6.45) is 0. The summed E-state index contributed by atoms with van der Waals surface area (Å²) in [7, 11) is 0. The van der Waals surface area contributed by atoms with Crippen molar-refractivity contribution in [1.82, 2.24) is 15.4 Å². The summed E-state index contributed by atoms with van der Waals surface area (Å²) in [6.45, 7) is 4.57. The van der Waals surface area contributed by atoms with E-state index in [2.05, 4.69) is 10.5 Å². The number of nitrogens with one attached hydrogen (secondary N) is 1. The molecule has 0 radical (unpaired) electrons. The molecule has 1 aliphatic rings. The number of amides is 1. The molecule has 0 aliphatic carbocycles. The molecule has 1 aromatic heterocycles. The average molecular weight is 377 g/mol. The lowest BCUT2D eigenvalue weighted by Gasteiger charge is -2.27. The lowest BCUT2D eigenvalue weighted by molar-refractivity contribution is 0.0734. The van der Waals surface area contributed by atoms with Crippen LogP contribution in [0.2, 0.25) is 10.0 Å². The van der Waals surface area contributed by atoms with Crippen LogP contribution in [0.1, 0.15) is 16.1 Å². The molecule has 1 fully saturated rings. The summed E-state index contributed by atoms with van der Waals surface area (Å²) >= 11 is 12.5. The Bertz CT molecular complexity index is 692. The Kier molecular flexibility index (Phi) is 5.92. The Labute approximate surface area is 150 Å². The van der Waals surface area contributed by atoms with Crippen molar-refractivity contribution >= 4 is 41.5 Å². The minimum atomic E-state index is -0.105. The van der Waals surface area contributed by atoms with Gasteiger partial charge >= 0.3 is 0 Å². The van der Waals surface area contributed by atoms with Gasteiger partial charge in [0.05, 0.1) is 10.0 Å². The molecular weight excluding hydrogens is 361 g/mol. The van der Waals surface area contributed by atoms with Crippen LogP contribution in [0.4, 0.5) is 0 Å². The van der Waals surface area contributed by atoms with Crippen LogP contribution in [0.25, 0.3) is 11.3 Å². The van der Waals surface area contributed by atoms with Crippen LogP contribution in [-0.2, 0) is 0 Å². The van der Waals surface area contributed by atoms with Gasteiger partial charge in [-0.2, -0.15) is 0 Å². The standard InChI is InChI=1S/C15H15Cl2N3O2.ClH/c1-9-12(15(21)20-7-5-18-6-8-20)14(19-22-9)13-10(16)3-2-4-11(13)17;/h2-4,18H,5-8H2,1H3;1H. The average Bonchev–Trinajstić information content (AvgIpc) is 2.89. The molecule has 1 amide bonds. The van der Waals surface area contributed by atoms with Crippen molar-refractivity contribution in [3.63, 3.8) is 0 Å². The van der Waals surface area contributed by atoms with Gasteiger partial charge in [0.2, 0.25) is 0 Å². The molecule has 124 valence electrons. The summed E-state index contributed by atoms with van der Waals surface area (Å²) in [4.78, 5) is 14.6. The highest BCUT2D eigenvalue weighted by Crippen LogP contribution is 2.37. The molecule has 0 spiro atoms. The summed E-state index contributed by atoms with van der Waals surface area (Å²) < 4.78 is 5.24. The number of halogens is 3. The SMILES string of the molecule is Cc1onc(-c2c(Cl)cccc2Cl)c1C(=O)N1CCNCC1.Cl. The topological polar surface area (TPSA) is 58.4 Å². The maximum atomic E-state index is 12.8. The van der Waals surface area contributed by atoms with Gasteiger partial charge in [0.1, 0.15) is 17.0 Å². The second kappa shape index (κ2) is 7.53. The van der Waals surface area contributed by atoms with E-state index in [1.54, 1.807) is 30.0 Å². The van der Waals surface area contributed by atoms with Crippen molar-refractivity contribution in [2.24, 2.45) is 0 Å². The largest absolute Gasteiger partial charge is 0.360 e. The van der Waals surface area contributed by atoms with Crippen LogP contribution >= 0.6 is 35.6 Å². The normalized spacial score (nSPS) is 14.5. The van der Waals surface area contributed by atoms with Gasteiger partial charge in [0.25, 0.3) is 5.91 Å². The highest BCUT2D eigenvalue weighted by molar-refractivity contribution is 6.39. The van der Waals surface area contributed by atoms with Gasteiger partial charge in [0.15, 0.2) is 0 Å². The first kappa shape index (κ1) is 18.1. The monoisotopic (exact) mass is 375 g/mol. The first-order valence-electron chi connectivity index (χ1n) is 7.00. The number of piperazine rings is 1. The molecule has 0 unspecified atom stereocenters. The van der Waals surface area contributed by atoms with Gasteiger partial charge in [-0.05, 0) is 19.1 Å². The van der Waals surface area contributed by atoms with Gasteiger partial charge in [-0.25, -0.2) is 0 Å². The summed E-state index contributed by atoms with van der Waals surface area (Å²) in [5.41, 5.74) is 1.36. The van der Waals surface area contributed by atoms with Gasteiger partial charge in [-0.15, -0.1) is 12.4 Å². The Morgan fingerprint density at radius 2 is 1.87 bits per heavy atom. The smallest absolute Gasteiger partial charge is 0.259 e. The number of carbonyl (C=O) groups is 1. The molecule has 1 aromatic carbocycles. The Balaban J connectivity index is 0.00000192. The number of aryl methyl sites for hydroxylation is 1. The third kappa shape index (κ3) is 3.48. The molecule has 5 nitrogen and oxygen atoms in total. The van der Waals surface area contributed by atoms with Crippen LogP contribution in [-0.4, -0.2) is 42.1 Å². The van der Waals surface area contributed by atoms with E-state index < -0.39 is 0 Å². The highest BCUT2D eigenvalue weighted by atomic mass is 35.5. The molecule has 1 saturated heterocycles. The second-order valence-electron chi connectivity index (χ2n) is 5.10. The second-order valence-corrected chi connectivity index (χ2v) is 5.92. The fourth-order valence-electron chi connectivity index (χ4n) is 2.54. The van der Waals surface area contributed by atoms with Crippen molar-refractivity contribution in [2.45, 2.75) is 6.92 Å². The molecule has 3 rings (SSSR count). The first-order valence-corrected chi connectivity index (χ1v) is 7.76. The van der Waals surface area contributed by atoms with E-state index in [9.17, 15) is 4.79 Å². The molecular formula is C15H16Cl3N3O2. The fourth-order valence-corrected chi connectivity index (χ4v) is 3.12. The summed E-state index contributed by atoms with van der Waals surface area (Å²) in [6, 6.07) is 5.18. The van der Waals surface area contributed by atoms with Crippen molar-refractivity contribution in [1.29, 1.82) is 0 Å². The molecule has 2 heterocycles. The summed E-state index contributed by atoms with van der Waals surface area (Å²) in [5, 5.41) is 8.12. The van der Waals surface area contributed by atoms with E-state index in [4.69, 9.17) is 27.7 Å². The van der Waals surface area contributed by atoms with E-state index in [-0.39, 0.29) is 18.3 Å². The van der Waals surface area contributed by atoms with Crippen molar-refractivity contribution in [3.8, 4) is 11.3 Å². The number of hydrogen-bond donors (Lipinski definition) is 1. The predicted octanol–water partition coefficient (Wildman–Crippen LogP) is 3.42. The molecule has 0 saturated carbocycles. The molecule has 0 atom stereocenters. The fraction of sp³-hybridized carbons (Fsp3) is 0.333. The maximum absolute atomic E-state index is 12.8. The Morgan fingerprint density at radius 1 is 1.26 bits per heavy atom. The highest BCUT2D eigenvalue weighted by Gasteiger charge is 2.28. The summed E-state index contributed by atoms with van der Waals surface area (Å²) in [5.74, 6) is 0.362. The van der Waals surface area contributed by atoms with E-state index in [0.29, 0.717) is 45.7 Å². The minimum Gasteiger partial charge on any atom is -0.360 e. The zero-order chi connectivity index (χ0) is 15.7. The lowest BCUT2D eigenvalue weighted by atomic mass is 10.0. The number of hydrogen-bond acceptors (Lipinski definition) is 4. The number of benzene rings is 1. The zero-order valence-electron chi connectivity index (χ0n) is 12.4. The zero-order valence-corrected chi connectivity index (χ0v) is 14.8. The quantitative estimate of drug-likeness (QED) is 0.872. The van der Waals surface area contributed by atoms with E-state index in [0.717, 1.165) is 13.1 Å². The van der Waals surface area contributed by atoms with Crippen LogP contribution in [0.5, 0.6) is 0 Å². The van der Waals surface area contributed by atoms with E-state index in [1.807, 2.05) is 0 Å². The third-order valence-electron chi connectivity index (χ3n) is 3.68. The molecule has 8 heteroatoms. The number of rotatable bonds is 2. The van der Waals surface area contributed by atoms with E-state index >= 15 is 0 Å². The third-order valence-corrected chi connectivity index (χ3v) is 4.31. The van der Waals surface area contributed by atoms with E-state index in [1.165, 1.54) is 0 Å². The first-order chi connectivity index (χ1) is 10.6. The predicted molar refractivity (Wildman–Crippen MR) is 92.7 cm³/mol. The van der Waals surface area contributed by atoms with Crippen molar-refractivity contribution < 1.29 is 9.32 Å². The Morgan fingerprint density at radius 3 is 2.48 bits per heavy atom. The van der Waals surface area contributed by atoms with Crippen LogP contribution in [0.3, 0.4) is 0 Å². The van der Waals surface area contributed by atoms with Gasteiger partial charge < -0.3 is 14.7 Å².